The van der Waals surface area contributed by atoms with Crippen molar-refractivity contribution < 1.29 is 13.0 Å². The molecule has 5 nitrogen and oxygen atoms in total. The second-order valence-corrected chi connectivity index (χ2v) is 5.84. The molecule has 0 aliphatic carbocycles. The molecule has 0 aromatic heterocycles. The average molecular weight is 281 g/mol. The molecule has 0 saturated heterocycles. The molecule has 1 aromatic rings. The van der Waals surface area contributed by atoms with E-state index >= 15 is 0 Å². The third-order valence-electron chi connectivity index (χ3n) is 3.37. The molecule has 1 aliphatic heterocycles. The first-order valence-electron chi connectivity index (χ1n) is 6.17. The molecule has 104 valence electrons. The van der Waals surface area contributed by atoms with Gasteiger partial charge in [0.15, 0.2) is 0 Å². The van der Waals surface area contributed by atoms with Crippen LogP contribution in [0.2, 0.25) is 0 Å². The molecule has 0 N–H and O–H groups in total. The summed E-state index contributed by atoms with van der Waals surface area (Å²) in [5.41, 5.74) is 0.534. The molecule has 0 spiro atoms. The lowest BCUT2D eigenvalue weighted by Crippen LogP contribution is -2.35. The first kappa shape index (κ1) is 13.9. The second kappa shape index (κ2) is 5.22. The molecule has 6 heteroatoms. The summed E-state index contributed by atoms with van der Waals surface area (Å²) in [4.78, 5) is 4.01. The van der Waals surface area contributed by atoms with Crippen LogP contribution in [0.4, 0.5) is 0 Å². The summed E-state index contributed by atoms with van der Waals surface area (Å²) < 4.78 is 33.7. The molecule has 1 aliphatic rings. The van der Waals surface area contributed by atoms with Gasteiger partial charge in [0.1, 0.15) is 10.1 Å². The summed E-state index contributed by atoms with van der Waals surface area (Å²) in [7, 11) is -4.43. The van der Waals surface area contributed by atoms with Gasteiger partial charge in [0.2, 0.25) is 0 Å². The van der Waals surface area contributed by atoms with Gasteiger partial charge in [-0.25, -0.2) is 8.42 Å². The van der Waals surface area contributed by atoms with E-state index in [0.717, 1.165) is 6.54 Å². The smallest absolute Gasteiger partial charge is 0.124 e. The molecule has 1 aromatic carbocycles. The van der Waals surface area contributed by atoms with Crippen molar-refractivity contribution in [2.24, 2.45) is 0 Å². The average Bonchev–Trinajstić information content (AvgIpc) is 2.70. The lowest BCUT2D eigenvalue weighted by Gasteiger charge is -2.29. The van der Waals surface area contributed by atoms with Crippen molar-refractivity contribution >= 4 is 10.1 Å². The maximum absolute atomic E-state index is 11.2. The van der Waals surface area contributed by atoms with Gasteiger partial charge in [-0.1, -0.05) is 18.2 Å². The molecule has 0 amide bonds. The minimum Gasteiger partial charge on any atom is -0.744 e. The quantitative estimate of drug-likeness (QED) is 0.783. The van der Waals surface area contributed by atoms with E-state index in [1.807, 2.05) is 24.2 Å². The maximum atomic E-state index is 11.2. The first-order valence-corrected chi connectivity index (χ1v) is 7.58. The molecule has 0 radical (unpaired) electrons. The molecule has 0 saturated carbocycles. The molecule has 0 bridgehead atoms. The van der Waals surface area contributed by atoms with Crippen molar-refractivity contribution in [3.05, 3.63) is 42.2 Å². The van der Waals surface area contributed by atoms with Gasteiger partial charge in [0.05, 0.1) is 11.1 Å². The third kappa shape index (κ3) is 2.90. The summed E-state index contributed by atoms with van der Waals surface area (Å²) in [6.45, 7) is 5.39. The highest BCUT2D eigenvalue weighted by Crippen LogP contribution is 2.22. The Kier molecular flexibility index (Phi) is 3.82. The monoisotopic (exact) mass is 281 g/mol. The largest absolute Gasteiger partial charge is 0.744 e. The summed E-state index contributed by atoms with van der Waals surface area (Å²) in [6, 6.07) is 6.35. The number of rotatable bonds is 4. The SMILES string of the molecule is CCN1C=CN(Cc2ccccc2S(=O)(=O)[O-])C1C. The van der Waals surface area contributed by atoms with E-state index in [1.165, 1.54) is 6.07 Å². The van der Waals surface area contributed by atoms with Crippen molar-refractivity contribution in [1.29, 1.82) is 0 Å². The van der Waals surface area contributed by atoms with E-state index in [-0.39, 0.29) is 11.1 Å². The van der Waals surface area contributed by atoms with Gasteiger partial charge in [0, 0.05) is 25.5 Å². The summed E-state index contributed by atoms with van der Waals surface area (Å²) in [5.74, 6) is 0. The van der Waals surface area contributed by atoms with Crippen LogP contribution in [0.15, 0.2) is 41.6 Å². The Balaban J connectivity index is 2.24. The van der Waals surface area contributed by atoms with Gasteiger partial charge < -0.3 is 14.4 Å². The fourth-order valence-corrected chi connectivity index (χ4v) is 2.94. The Bertz CT molecular complexity index is 583. The predicted molar refractivity (Wildman–Crippen MR) is 70.9 cm³/mol. The summed E-state index contributed by atoms with van der Waals surface area (Å²) in [5, 5.41) is 0. The Labute approximate surface area is 113 Å². The zero-order valence-corrected chi connectivity index (χ0v) is 11.8. The first-order chi connectivity index (χ1) is 8.93. The fourth-order valence-electron chi connectivity index (χ4n) is 2.24. The van der Waals surface area contributed by atoms with Gasteiger partial charge in [-0.2, -0.15) is 0 Å². The van der Waals surface area contributed by atoms with E-state index in [0.29, 0.717) is 12.1 Å². The number of benzene rings is 1. The Morgan fingerprint density at radius 2 is 1.84 bits per heavy atom. The normalized spacial score (nSPS) is 19.2. The number of hydrogen-bond donors (Lipinski definition) is 0. The van der Waals surface area contributed by atoms with Crippen LogP contribution in [-0.2, 0) is 16.7 Å². The van der Waals surface area contributed by atoms with Gasteiger partial charge in [-0.05, 0) is 25.5 Å². The third-order valence-corrected chi connectivity index (χ3v) is 4.31. The highest BCUT2D eigenvalue weighted by molar-refractivity contribution is 7.85. The van der Waals surface area contributed by atoms with Gasteiger partial charge >= 0.3 is 0 Å². The predicted octanol–water partition coefficient (Wildman–Crippen LogP) is 1.55. The van der Waals surface area contributed by atoms with Crippen LogP contribution in [-0.4, -0.2) is 35.5 Å². The lowest BCUT2D eigenvalue weighted by atomic mass is 10.2. The molecule has 19 heavy (non-hydrogen) atoms. The topological polar surface area (TPSA) is 63.7 Å². The van der Waals surface area contributed by atoms with Gasteiger partial charge in [0.25, 0.3) is 0 Å². The number of hydrogen-bond acceptors (Lipinski definition) is 5. The van der Waals surface area contributed by atoms with E-state index in [4.69, 9.17) is 0 Å². The van der Waals surface area contributed by atoms with Crippen LogP contribution in [0.1, 0.15) is 19.4 Å². The Morgan fingerprint density at radius 1 is 1.21 bits per heavy atom. The van der Waals surface area contributed by atoms with Gasteiger partial charge in [-0.3, -0.25) is 0 Å². The van der Waals surface area contributed by atoms with Crippen molar-refractivity contribution in [2.75, 3.05) is 6.54 Å². The van der Waals surface area contributed by atoms with Crippen LogP contribution >= 0.6 is 0 Å². The molecular weight excluding hydrogens is 264 g/mol. The Hall–Kier alpha value is -1.53. The lowest BCUT2D eigenvalue weighted by molar-refractivity contribution is 0.169. The zero-order chi connectivity index (χ0) is 14.0. The van der Waals surface area contributed by atoms with Crippen LogP contribution in [0, 0.1) is 0 Å². The van der Waals surface area contributed by atoms with E-state index in [1.54, 1.807) is 18.2 Å². The Morgan fingerprint density at radius 3 is 2.42 bits per heavy atom. The van der Waals surface area contributed by atoms with E-state index in [2.05, 4.69) is 11.8 Å². The van der Waals surface area contributed by atoms with E-state index in [9.17, 15) is 13.0 Å². The highest BCUT2D eigenvalue weighted by atomic mass is 32.2. The minimum atomic E-state index is -4.43. The van der Waals surface area contributed by atoms with Crippen LogP contribution < -0.4 is 0 Å². The summed E-state index contributed by atoms with van der Waals surface area (Å²) in [6.07, 6.45) is 4.05. The van der Waals surface area contributed by atoms with Crippen molar-refractivity contribution in [2.45, 2.75) is 31.5 Å². The molecule has 1 unspecified atom stereocenters. The summed E-state index contributed by atoms with van der Waals surface area (Å²) >= 11 is 0. The standard InChI is InChI=1S/C13H18N2O3S/c1-3-14-8-9-15(11(14)2)10-12-6-4-5-7-13(12)19(16,17)18/h4-9,11H,3,10H2,1-2H3,(H,16,17,18)/p-1. The number of nitrogens with zero attached hydrogens (tertiary/aromatic N) is 2. The second-order valence-electron chi connectivity index (χ2n) is 4.49. The maximum Gasteiger partial charge on any atom is 0.124 e. The molecule has 1 atom stereocenters. The van der Waals surface area contributed by atoms with Crippen molar-refractivity contribution in [3.8, 4) is 0 Å². The highest BCUT2D eigenvalue weighted by Gasteiger charge is 2.21. The van der Waals surface area contributed by atoms with Crippen LogP contribution in [0.3, 0.4) is 0 Å². The minimum absolute atomic E-state index is 0.134. The van der Waals surface area contributed by atoms with Gasteiger partial charge in [-0.15, -0.1) is 0 Å². The zero-order valence-electron chi connectivity index (χ0n) is 11.0. The molecule has 0 fully saturated rings. The molecule has 1 heterocycles. The van der Waals surface area contributed by atoms with E-state index < -0.39 is 10.1 Å². The van der Waals surface area contributed by atoms with Crippen LogP contribution in [0.25, 0.3) is 0 Å². The van der Waals surface area contributed by atoms with Crippen molar-refractivity contribution in [1.82, 2.24) is 9.80 Å². The molecule has 2 rings (SSSR count). The molecular formula is C13H17N2O3S-. The van der Waals surface area contributed by atoms with Crippen LogP contribution in [0.5, 0.6) is 0 Å². The fraction of sp³-hybridized carbons (Fsp3) is 0.385. The van der Waals surface area contributed by atoms with Crippen molar-refractivity contribution in [3.63, 3.8) is 0 Å².